The second kappa shape index (κ2) is 6.50. The van der Waals surface area contributed by atoms with E-state index in [4.69, 9.17) is 4.42 Å². The first-order chi connectivity index (χ1) is 14.3. The van der Waals surface area contributed by atoms with Crippen molar-refractivity contribution in [3.63, 3.8) is 0 Å². The van der Waals surface area contributed by atoms with Gasteiger partial charge in [0, 0.05) is 18.7 Å². The van der Waals surface area contributed by atoms with Gasteiger partial charge in [0.05, 0.1) is 23.2 Å². The third kappa shape index (κ3) is 2.88. The molecule has 5 heterocycles. The average molecular weight is 425 g/mol. The zero-order chi connectivity index (χ0) is 21.0. The number of hydrogen-bond acceptors (Lipinski definition) is 6. The number of anilines is 1. The van der Waals surface area contributed by atoms with Crippen LogP contribution in [0.5, 0.6) is 0 Å². The number of fused-ring (bicyclic) bond motifs is 2. The minimum Gasteiger partial charge on any atom is -0.399 e. The third-order valence-electron chi connectivity index (χ3n) is 4.87. The summed E-state index contributed by atoms with van der Waals surface area (Å²) in [6, 6.07) is 4.76. The van der Waals surface area contributed by atoms with Gasteiger partial charge in [0.15, 0.2) is 0 Å². The van der Waals surface area contributed by atoms with Crippen molar-refractivity contribution < 1.29 is 26.4 Å². The second-order valence-electron chi connectivity index (χ2n) is 6.66. The molecule has 1 aliphatic rings. The van der Waals surface area contributed by atoms with Crippen molar-refractivity contribution in [3.05, 3.63) is 59.3 Å². The molecule has 4 aromatic heterocycles. The Labute approximate surface area is 164 Å². The molecule has 0 amide bonds. The van der Waals surface area contributed by atoms with Crippen LogP contribution in [0.3, 0.4) is 0 Å². The van der Waals surface area contributed by atoms with Gasteiger partial charge in [-0.15, -0.1) is 5.10 Å². The largest absolute Gasteiger partial charge is 0.470 e. The van der Waals surface area contributed by atoms with Crippen molar-refractivity contribution in [2.75, 3.05) is 11.4 Å². The third-order valence-corrected chi connectivity index (χ3v) is 4.87. The maximum atomic E-state index is 13.4. The van der Waals surface area contributed by atoms with Gasteiger partial charge in [-0.1, -0.05) is 11.2 Å². The van der Waals surface area contributed by atoms with Gasteiger partial charge in [0.2, 0.25) is 0 Å². The lowest BCUT2D eigenvalue weighted by Crippen LogP contribution is -2.37. The SMILES string of the molecule is FC(F)c1cccc2cc([C@H]3c4nc[nH]c4CCN3c3nnc(C(F)(F)F)o3)nn12. The minimum atomic E-state index is -4.79. The summed E-state index contributed by atoms with van der Waals surface area (Å²) in [4.78, 5) is 8.69. The van der Waals surface area contributed by atoms with E-state index in [2.05, 4.69) is 25.3 Å². The number of alkyl halides is 5. The number of aromatic amines is 1. The summed E-state index contributed by atoms with van der Waals surface area (Å²) in [5, 5.41) is 10.9. The van der Waals surface area contributed by atoms with E-state index < -0.39 is 24.5 Å². The summed E-state index contributed by atoms with van der Waals surface area (Å²) in [6.45, 7) is 0.231. The monoisotopic (exact) mass is 425 g/mol. The number of aromatic nitrogens is 6. The molecule has 1 N–H and O–H groups in total. The molecular weight excluding hydrogens is 413 g/mol. The molecule has 1 atom stereocenters. The highest BCUT2D eigenvalue weighted by atomic mass is 19.4. The topological polar surface area (TPSA) is 88.1 Å². The van der Waals surface area contributed by atoms with Crippen molar-refractivity contribution in [1.82, 2.24) is 29.8 Å². The molecule has 30 heavy (non-hydrogen) atoms. The number of H-pyrrole nitrogens is 1. The molecule has 0 fully saturated rings. The van der Waals surface area contributed by atoms with Crippen LogP contribution in [0, 0.1) is 0 Å². The van der Waals surface area contributed by atoms with Gasteiger partial charge in [0.1, 0.15) is 11.7 Å². The van der Waals surface area contributed by atoms with Crippen LogP contribution in [-0.2, 0) is 12.6 Å². The fourth-order valence-corrected chi connectivity index (χ4v) is 3.58. The lowest BCUT2D eigenvalue weighted by atomic mass is 10.0. The molecule has 0 spiro atoms. The highest BCUT2D eigenvalue weighted by Crippen LogP contribution is 2.38. The van der Waals surface area contributed by atoms with E-state index >= 15 is 0 Å². The van der Waals surface area contributed by atoms with Crippen molar-refractivity contribution >= 4 is 11.5 Å². The average Bonchev–Trinajstić information content (AvgIpc) is 3.43. The minimum absolute atomic E-state index is 0.231. The first-order valence-electron chi connectivity index (χ1n) is 8.79. The molecule has 0 aromatic carbocycles. The fraction of sp³-hybridized carbons (Fsp3) is 0.294. The lowest BCUT2D eigenvalue weighted by molar-refractivity contribution is -0.157. The summed E-state index contributed by atoms with van der Waals surface area (Å²) in [5.74, 6) is -1.47. The maximum Gasteiger partial charge on any atom is 0.470 e. The van der Waals surface area contributed by atoms with E-state index in [-0.39, 0.29) is 18.3 Å². The molecule has 0 unspecified atom stereocenters. The first-order valence-corrected chi connectivity index (χ1v) is 8.79. The van der Waals surface area contributed by atoms with Crippen molar-refractivity contribution in [2.45, 2.75) is 25.1 Å². The maximum absolute atomic E-state index is 13.4. The molecule has 0 bridgehead atoms. The van der Waals surface area contributed by atoms with Crippen molar-refractivity contribution in [3.8, 4) is 0 Å². The number of rotatable bonds is 3. The van der Waals surface area contributed by atoms with E-state index in [0.717, 1.165) is 10.2 Å². The zero-order valence-electron chi connectivity index (χ0n) is 14.9. The molecule has 0 saturated carbocycles. The van der Waals surface area contributed by atoms with Gasteiger partial charge in [-0.3, -0.25) is 0 Å². The van der Waals surface area contributed by atoms with Crippen LogP contribution in [0.15, 0.2) is 35.0 Å². The predicted molar refractivity (Wildman–Crippen MR) is 90.9 cm³/mol. The Kier molecular flexibility index (Phi) is 4.01. The van der Waals surface area contributed by atoms with Crippen molar-refractivity contribution in [2.24, 2.45) is 0 Å². The van der Waals surface area contributed by atoms with Gasteiger partial charge < -0.3 is 14.3 Å². The van der Waals surface area contributed by atoms with Crippen LogP contribution in [0.25, 0.3) is 5.52 Å². The van der Waals surface area contributed by atoms with E-state index in [9.17, 15) is 22.0 Å². The van der Waals surface area contributed by atoms with E-state index in [0.29, 0.717) is 23.3 Å². The molecule has 0 radical (unpaired) electrons. The van der Waals surface area contributed by atoms with E-state index in [1.807, 2.05) is 0 Å². The summed E-state index contributed by atoms with van der Waals surface area (Å²) in [6.07, 6.45) is -5.65. The molecule has 0 aliphatic carbocycles. The Morgan fingerprint density at radius 2 is 2.03 bits per heavy atom. The number of halogens is 5. The Morgan fingerprint density at radius 1 is 1.20 bits per heavy atom. The standard InChI is InChI=1S/C17H12F5N7O/c18-14(19)11-3-1-2-8-6-10(27-29(8)11)13-12-9(23-7-24-12)4-5-28(13)16-26-25-15(30-16)17(20,21)22/h1-3,6-7,13-14H,4-5H2,(H,23,24)/t13-/m0/s1. The molecule has 1 aliphatic heterocycles. The summed E-state index contributed by atoms with van der Waals surface area (Å²) in [5.41, 5.74) is 1.67. The van der Waals surface area contributed by atoms with Crippen LogP contribution >= 0.6 is 0 Å². The quantitative estimate of drug-likeness (QED) is 0.505. The second-order valence-corrected chi connectivity index (χ2v) is 6.66. The Hall–Kier alpha value is -3.51. The van der Waals surface area contributed by atoms with Crippen LogP contribution in [0.1, 0.15) is 41.1 Å². The summed E-state index contributed by atoms with van der Waals surface area (Å²) < 4.78 is 71.4. The molecule has 4 aromatic rings. The molecule has 0 saturated heterocycles. The molecule has 156 valence electrons. The van der Waals surface area contributed by atoms with Gasteiger partial charge in [-0.05, 0) is 18.2 Å². The van der Waals surface area contributed by atoms with Crippen LogP contribution in [0.4, 0.5) is 28.0 Å². The number of hydrogen-bond donors (Lipinski definition) is 1. The van der Waals surface area contributed by atoms with Crippen LogP contribution < -0.4 is 4.90 Å². The van der Waals surface area contributed by atoms with Gasteiger partial charge in [0.25, 0.3) is 6.43 Å². The van der Waals surface area contributed by atoms with Crippen LogP contribution in [-0.4, -0.2) is 36.3 Å². The van der Waals surface area contributed by atoms with Gasteiger partial charge >= 0.3 is 18.1 Å². The summed E-state index contributed by atoms with van der Waals surface area (Å²) in [7, 11) is 0. The Morgan fingerprint density at radius 3 is 2.77 bits per heavy atom. The molecule has 13 heteroatoms. The van der Waals surface area contributed by atoms with Crippen molar-refractivity contribution in [1.29, 1.82) is 0 Å². The lowest BCUT2D eigenvalue weighted by Gasteiger charge is -2.32. The molecule has 8 nitrogen and oxygen atoms in total. The van der Waals surface area contributed by atoms with Gasteiger partial charge in [-0.2, -0.15) is 18.3 Å². The predicted octanol–water partition coefficient (Wildman–Crippen LogP) is 3.55. The highest BCUT2D eigenvalue weighted by molar-refractivity contribution is 5.53. The highest BCUT2D eigenvalue weighted by Gasteiger charge is 2.41. The summed E-state index contributed by atoms with van der Waals surface area (Å²) >= 11 is 0. The number of pyridine rings is 1. The van der Waals surface area contributed by atoms with Crippen LogP contribution in [0.2, 0.25) is 0 Å². The smallest absolute Gasteiger partial charge is 0.399 e. The fourth-order valence-electron chi connectivity index (χ4n) is 3.58. The van der Waals surface area contributed by atoms with Gasteiger partial charge in [-0.25, -0.2) is 18.3 Å². The Bertz CT molecular complexity index is 1210. The normalized spacial score (nSPS) is 17.1. The Balaban J connectivity index is 1.64. The first kappa shape index (κ1) is 18.5. The van der Waals surface area contributed by atoms with E-state index in [1.165, 1.54) is 23.4 Å². The number of imidazole rings is 1. The number of nitrogens with zero attached hydrogens (tertiary/aromatic N) is 6. The zero-order valence-corrected chi connectivity index (χ0v) is 14.9. The number of nitrogens with one attached hydrogen (secondary N) is 1. The molecular formula is C17H12F5N7O. The van der Waals surface area contributed by atoms with E-state index in [1.54, 1.807) is 12.1 Å². The molecule has 5 rings (SSSR count).